The smallest absolute Gasteiger partial charge is 0.264 e. The molecule has 0 atom stereocenters. The second kappa shape index (κ2) is 5.32. The monoisotopic (exact) mass is 344 g/mol. The van der Waals surface area contributed by atoms with Crippen LogP contribution >= 0.6 is 0 Å². The highest BCUT2D eigenvalue weighted by molar-refractivity contribution is 7.85. The zero-order valence-corrected chi connectivity index (χ0v) is 13.9. The van der Waals surface area contributed by atoms with Gasteiger partial charge in [0, 0.05) is 35.8 Å². The largest absolute Gasteiger partial charge is 0.441 e. The van der Waals surface area contributed by atoms with Crippen molar-refractivity contribution < 1.29 is 17.4 Å². The van der Waals surface area contributed by atoms with Crippen LogP contribution in [0.25, 0.3) is 32.9 Å². The van der Waals surface area contributed by atoms with Crippen molar-refractivity contribution >= 4 is 43.0 Å². The van der Waals surface area contributed by atoms with Crippen LogP contribution in [0.5, 0.6) is 0 Å². The van der Waals surface area contributed by atoms with Crippen LogP contribution in [0.2, 0.25) is 0 Å². The van der Waals surface area contributed by atoms with Gasteiger partial charge in [-0.05, 0) is 18.6 Å². The normalized spacial score (nSPS) is 12.6. The summed E-state index contributed by atoms with van der Waals surface area (Å²) in [5.74, 6) is 0.352. The Morgan fingerprint density at radius 3 is 2.75 bits per heavy atom. The highest BCUT2D eigenvalue weighted by Crippen LogP contribution is 2.32. The lowest BCUT2D eigenvalue weighted by Crippen LogP contribution is -2.07. The van der Waals surface area contributed by atoms with Crippen LogP contribution in [-0.2, 0) is 16.7 Å². The van der Waals surface area contributed by atoms with Crippen molar-refractivity contribution in [2.75, 3.05) is 5.75 Å². The van der Waals surface area contributed by atoms with E-state index in [1.54, 1.807) is 0 Å². The molecule has 0 saturated heterocycles. The molecular weight excluding hydrogens is 328 g/mol. The average Bonchev–Trinajstić information content (AvgIpc) is 3.01. The molecule has 0 aliphatic heterocycles. The molecule has 2 aromatic carbocycles. The standard InChI is InChI=1S/C17H16N2O4S/c1-11-18-14-9-13-12-5-2-3-6-15(12)19(7-4-8-24(20,21)22)16(13)10-17(14)23-11/h2-3,5-6,9-10H,4,7-8H2,1H3,(H,20,21,22). The van der Waals surface area contributed by atoms with Crippen molar-refractivity contribution in [3.63, 3.8) is 0 Å². The molecule has 4 rings (SSSR count). The number of hydrogen-bond acceptors (Lipinski definition) is 4. The fourth-order valence-corrected chi connectivity index (χ4v) is 3.72. The van der Waals surface area contributed by atoms with Crippen LogP contribution in [0.1, 0.15) is 12.3 Å². The van der Waals surface area contributed by atoms with E-state index in [-0.39, 0.29) is 5.75 Å². The Morgan fingerprint density at radius 1 is 1.17 bits per heavy atom. The third kappa shape index (κ3) is 2.55. The first kappa shape index (κ1) is 15.2. The van der Waals surface area contributed by atoms with Crippen LogP contribution in [-0.4, -0.2) is 28.3 Å². The summed E-state index contributed by atoms with van der Waals surface area (Å²) in [5, 5.41) is 2.14. The van der Waals surface area contributed by atoms with Gasteiger partial charge in [0.15, 0.2) is 11.5 Å². The fraction of sp³-hybridized carbons (Fsp3) is 0.235. The maximum absolute atomic E-state index is 11.0. The van der Waals surface area contributed by atoms with Gasteiger partial charge in [-0.2, -0.15) is 8.42 Å². The summed E-state index contributed by atoms with van der Waals surface area (Å²) >= 11 is 0. The molecule has 7 heteroatoms. The van der Waals surface area contributed by atoms with E-state index in [2.05, 4.69) is 9.55 Å². The van der Waals surface area contributed by atoms with E-state index in [1.165, 1.54) is 0 Å². The van der Waals surface area contributed by atoms with E-state index in [4.69, 9.17) is 8.97 Å². The second-order valence-electron chi connectivity index (χ2n) is 5.88. The summed E-state index contributed by atoms with van der Waals surface area (Å²) in [4.78, 5) is 4.39. The Bertz CT molecular complexity index is 1170. The van der Waals surface area contributed by atoms with Gasteiger partial charge in [-0.15, -0.1) is 0 Å². The van der Waals surface area contributed by atoms with Gasteiger partial charge in [0.2, 0.25) is 0 Å². The van der Waals surface area contributed by atoms with Crippen LogP contribution in [0, 0.1) is 6.92 Å². The summed E-state index contributed by atoms with van der Waals surface area (Å²) < 4.78 is 38.6. The Hall–Kier alpha value is -2.38. The molecule has 6 nitrogen and oxygen atoms in total. The molecule has 1 N–H and O–H groups in total. The van der Waals surface area contributed by atoms with Gasteiger partial charge in [-0.25, -0.2) is 4.98 Å². The summed E-state index contributed by atoms with van der Waals surface area (Å²) in [6.45, 7) is 2.30. The number of oxazole rings is 1. The minimum atomic E-state index is -3.96. The summed E-state index contributed by atoms with van der Waals surface area (Å²) in [6.07, 6.45) is 0.333. The van der Waals surface area contributed by atoms with Gasteiger partial charge < -0.3 is 8.98 Å². The maximum Gasteiger partial charge on any atom is 0.264 e. The molecule has 0 bridgehead atoms. The third-order valence-electron chi connectivity index (χ3n) is 4.17. The first-order valence-electron chi connectivity index (χ1n) is 7.66. The Kier molecular flexibility index (Phi) is 3.36. The number of nitrogens with zero attached hydrogens (tertiary/aromatic N) is 2. The van der Waals surface area contributed by atoms with Gasteiger partial charge in [0.05, 0.1) is 11.3 Å². The quantitative estimate of drug-likeness (QED) is 0.573. The molecule has 0 unspecified atom stereocenters. The summed E-state index contributed by atoms with van der Waals surface area (Å²) in [5.41, 5.74) is 3.50. The minimum absolute atomic E-state index is 0.259. The number of para-hydroxylation sites is 1. The molecule has 24 heavy (non-hydrogen) atoms. The first-order chi connectivity index (χ1) is 11.4. The van der Waals surface area contributed by atoms with Crippen molar-refractivity contribution in [3.8, 4) is 0 Å². The van der Waals surface area contributed by atoms with Gasteiger partial charge in [-0.1, -0.05) is 18.2 Å². The molecule has 0 radical (unpaired) electrons. The zero-order valence-electron chi connectivity index (χ0n) is 13.1. The number of aromatic nitrogens is 2. The van der Waals surface area contributed by atoms with Crippen LogP contribution in [0.15, 0.2) is 40.8 Å². The van der Waals surface area contributed by atoms with E-state index >= 15 is 0 Å². The molecule has 0 fully saturated rings. The van der Waals surface area contributed by atoms with Crippen molar-refractivity contribution in [3.05, 3.63) is 42.3 Å². The van der Waals surface area contributed by atoms with Crippen LogP contribution < -0.4 is 0 Å². The number of hydrogen-bond donors (Lipinski definition) is 1. The number of benzene rings is 2. The number of aryl methyl sites for hydroxylation is 2. The van der Waals surface area contributed by atoms with Gasteiger partial charge >= 0.3 is 0 Å². The lowest BCUT2D eigenvalue weighted by atomic mass is 10.1. The van der Waals surface area contributed by atoms with E-state index in [0.29, 0.717) is 24.4 Å². The van der Waals surface area contributed by atoms with E-state index in [1.807, 2.05) is 43.3 Å². The minimum Gasteiger partial charge on any atom is -0.441 e. The molecule has 0 aliphatic rings. The molecule has 4 aromatic rings. The predicted octanol–water partition coefficient (Wildman–Crippen LogP) is 3.52. The van der Waals surface area contributed by atoms with Crippen molar-refractivity contribution in [1.29, 1.82) is 0 Å². The summed E-state index contributed by atoms with van der Waals surface area (Å²) in [6, 6.07) is 11.9. The predicted molar refractivity (Wildman–Crippen MR) is 92.8 cm³/mol. The van der Waals surface area contributed by atoms with Crippen LogP contribution in [0.3, 0.4) is 0 Å². The van der Waals surface area contributed by atoms with E-state index in [9.17, 15) is 8.42 Å². The lowest BCUT2D eigenvalue weighted by Gasteiger charge is -2.06. The summed E-state index contributed by atoms with van der Waals surface area (Å²) in [7, 11) is -3.96. The first-order valence-corrected chi connectivity index (χ1v) is 9.26. The van der Waals surface area contributed by atoms with Crippen LogP contribution in [0.4, 0.5) is 0 Å². The Balaban J connectivity index is 1.92. The van der Waals surface area contributed by atoms with E-state index in [0.717, 1.165) is 27.3 Å². The fourth-order valence-electron chi connectivity index (χ4n) is 3.23. The molecule has 0 saturated carbocycles. The van der Waals surface area contributed by atoms with Crippen molar-refractivity contribution in [2.45, 2.75) is 19.9 Å². The highest BCUT2D eigenvalue weighted by Gasteiger charge is 2.14. The SMILES string of the molecule is Cc1nc2cc3c4ccccc4n(CCCS(=O)(=O)O)c3cc2o1. The molecular formula is C17H16N2O4S. The average molecular weight is 344 g/mol. The Labute approximate surface area is 138 Å². The molecule has 0 aliphatic carbocycles. The number of fused-ring (bicyclic) bond motifs is 4. The van der Waals surface area contributed by atoms with Gasteiger partial charge in [-0.3, -0.25) is 4.55 Å². The highest BCUT2D eigenvalue weighted by atomic mass is 32.2. The third-order valence-corrected chi connectivity index (χ3v) is 4.98. The van der Waals surface area contributed by atoms with Crippen molar-refractivity contribution in [2.24, 2.45) is 0 Å². The Morgan fingerprint density at radius 2 is 1.96 bits per heavy atom. The van der Waals surface area contributed by atoms with Gasteiger partial charge in [0.25, 0.3) is 10.1 Å². The topological polar surface area (TPSA) is 85.3 Å². The van der Waals surface area contributed by atoms with Crippen molar-refractivity contribution in [1.82, 2.24) is 9.55 Å². The molecule has 2 heterocycles. The molecule has 0 amide bonds. The molecule has 0 spiro atoms. The molecule has 2 aromatic heterocycles. The zero-order chi connectivity index (χ0) is 16.9. The number of rotatable bonds is 4. The van der Waals surface area contributed by atoms with Gasteiger partial charge in [0.1, 0.15) is 5.52 Å². The lowest BCUT2D eigenvalue weighted by molar-refractivity contribution is 0.479. The van der Waals surface area contributed by atoms with E-state index < -0.39 is 10.1 Å². The molecule has 124 valence electrons. The maximum atomic E-state index is 11.0. The second-order valence-corrected chi connectivity index (χ2v) is 7.45.